The first kappa shape index (κ1) is 21.7. The lowest BCUT2D eigenvalue weighted by molar-refractivity contribution is 0.282. The van der Waals surface area contributed by atoms with Crippen LogP contribution in [0.15, 0.2) is 29.3 Å². The number of guanidine groups is 1. The van der Waals surface area contributed by atoms with Crippen LogP contribution < -0.4 is 15.0 Å². The zero-order valence-electron chi connectivity index (χ0n) is 18.4. The van der Waals surface area contributed by atoms with Gasteiger partial charge in [-0.25, -0.2) is 0 Å². The molecule has 1 N–H and O–H groups in total. The predicted molar refractivity (Wildman–Crippen MR) is 121 cm³/mol. The van der Waals surface area contributed by atoms with Gasteiger partial charge in [0.25, 0.3) is 0 Å². The number of benzene rings is 1. The highest BCUT2D eigenvalue weighted by Gasteiger charge is 2.21. The van der Waals surface area contributed by atoms with E-state index in [1.165, 1.54) is 25.2 Å². The molecule has 29 heavy (non-hydrogen) atoms. The molecule has 3 rings (SSSR count). The standard InChI is InChI=1S/C22H38N6O/c1-4-23-22(24-10-13-26-12-7-11-25(2)14-15-26)28-18-16-27(17-19-28)20-8-5-6-9-21(20)29-3/h5-6,8-9H,4,7,10-19H2,1-3H3,(H,23,24). The third kappa shape index (κ3) is 6.24. The van der Waals surface area contributed by atoms with Crippen molar-refractivity contribution in [2.75, 3.05) is 91.0 Å². The van der Waals surface area contributed by atoms with E-state index < -0.39 is 0 Å². The lowest BCUT2D eigenvalue weighted by Crippen LogP contribution is -2.52. The van der Waals surface area contributed by atoms with Crippen molar-refractivity contribution in [1.29, 1.82) is 0 Å². The fourth-order valence-electron chi connectivity index (χ4n) is 4.10. The van der Waals surface area contributed by atoms with Crippen molar-refractivity contribution in [2.24, 2.45) is 4.99 Å². The van der Waals surface area contributed by atoms with Crippen molar-refractivity contribution in [3.63, 3.8) is 0 Å². The van der Waals surface area contributed by atoms with Gasteiger partial charge in [-0.2, -0.15) is 0 Å². The van der Waals surface area contributed by atoms with Gasteiger partial charge in [0.15, 0.2) is 5.96 Å². The second kappa shape index (κ2) is 11.3. The van der Waals surface area contributed by atoms with Crippen LogP contribution in [0.1, 0.15) is 13.3 Å². The first-order valence-electron chi connectivity index (χ1n) is 11.0. The number of likely N-dealkylation sites (N-methyl/N-ethyl adjacent to an activating group) is 1. The number of para-hydroxylation sites is 2. The number of aliphatic imine (C=N–C) groups is 1. The maximum absolute atomic E-state index is 5.54. The van der Waals surface area contributed by atoms with Gasteiger partial charge >= 0.3 is 0 Å². The van der Waals surface area contributed by atoms with Crippen LogP contribution in [0.2, 0.25) is 0 Å². The van der Waals surface area contributed by atoms with Gasteiger partial charge in [-0.3, -0.25) is 4.99 Å². The molecule has 7 heteroatoms. The molecule has 7 nitrogen and oxygen atoms in total. The van der Waals surface area contributed by atoms with Crippen LogP contribution in [-0.4, -0.2) is 107 Å². The maximum atomic E-state index is 5.54. The highest BCUT2D eigenvalue weighted by atomic mass is 16.5. The van der Waals surface area contributed by atoms with E-state index in [1.807, 2.05) is 12.1 Å². The molecule has 162 valence electrons. The van der Waals surface area contributed by atoms with E-state index in [0.717, 1.165) is 70.6 Å². The Kier molecular flexibility index (Phi) is 8.43. The van der Waals surface area contributed by atoms with Gasteiger partial charge in [-0.1, -0.05) is 12.1 Å². The second-order valence-corrected chi connectivity index (χ2v) is 7.88. The Bertz CT molecular complexity index is 644. The molecular weight excluding hydrogens is 364 g/mol. The molecule has 1 aromatic carbocycles. The van der Waals surface area contributed by atoms with E-state index in [9.17, 15) is 0 Å². The zero-order chi connectivity index (χ0) is 20.5. The van der Waals surface area contributed by atoms with E-state index in [1.54, 1.807) is 7.11 Å². The normalized spacial score (nSPS) is 19.9. The molecule has 2 heterocycles. The number of piperazine rings is 1. The SMILES string of the molecule is CCNC(=NCCN1CCCN(C)CC1)N1CCN(c2ccccc2OC)CC1. The molecule has 0 radical (unpaired) electrons. The monoisotopic (exact) mass is 402 g/mol. The second-order valence-electron chi connectivity index (χ2n) is 7.88. The van der Waals surface area contributed by atoms with Crippen LogP contribution in [0.25, 0.3) is 0 Å². The molecule has 2 aliphatic rings. The van der Waals surface area contributed by atoms with E-state index in [0.29, 0.717) is 0 Å². The summed E-state index contributed by atoms with van der Waals surface area (Å²) in [5.74, 6) is 2.00. The van der Waals surface area contributed by atoms with Gasteiger partial charge < -0.3 is 29.7 Å². The van der Waals surface area contributed by atoms with Gasteiger partial charge in [0, 0.05) is 52.4 Å². The van der Waals surface area contributed by atoms with E-state index >= 15 is 0 Å². The van der Waals surface area contributed by atoms with Crippen LogP contribution in [0.3, 0.4) is 0 Å². The topological polar surface area (TPSA) is 46.6 Å². The van der Waals surface area contributed by atoms with E-state index in [2.05, 4.69) is 51.0 Å². The molecule has 0 aromatic heterocycles. The molecule has 0 unspecified atom stereocenters. The summed E-state index contributed by atoms with van der Waals surface area (Å²) < 4.78 is 5.54. The van der Waals surface area contributed by atoms with Crippen LogP contribution in [0, 0.1) is 0 Å². The summed E-state index contributed by atoms with van der Waals surface area (Å²) in [7, 11) is 3.96. The average molecular weight is 403 g/mol. The van der Waals surface area contributed by atoms with Crippen molar-refractivity contribution < 1.29 is 4.74 Å². The molecule has 2 fully saturated rings. The number of rotatable bonds is 6. The third-order valence-electron chi connectivity index (χ3n) is 5.83. The minimum absolute atomic E-state index is 0.860. The fraction of sp³-hybridized carbons (Fsp3) is 0.682. The first-order valence-corrected chi connectivity index (χ1v) is 11.0. The number of nitrogens with zero attached hydrogens (tertiary/aromatic N) is 5. The molecule has 0 bridgehead atoms. The summed E-state index contributed by atoms with van der Waals surface area (Å²) in [5, 5.41) is 3.49. The molecule has 2 aliphatic heterocycles. The number of hydrogen-bond donors (Lipinski definition) is 1. The molecule has 0 amide bonds. The summed E-state index contributed by atoms with van der Waals surface area (Å²) in [5.41, 5.74) is 1.18. The Morgan fingerprint density at radius 2 is 1.83 bits per heavy atom. The van der Waals surface area contributed by atoms with Crippen molar-refractivity contribution in [1.82, 2.24) is 20.0 Å². The van der Waals surface area contributed by atoms with Gasteiger partial charge in [0.05, 0.1) is 19.3 Å². The minimum Gasteiger partial charge on any atom is -0.495 e. The number of anilines is 1. The molecule has 2 saturated heterocycles. The summed E-state index contributed by atoms with van der Waals surface area (Å²) in [6.07, 6.45) is 1.26. The van der Waals surface area contributed by atoms with Crippen molar-refractivity contribution in [2.45, 2.75) is 13.3 Å². The lowest BCUT2D eigenvalue weighted by atomic mass is 10.2. The number of methoxy groups -OCH3 is 1. The Hall–Kier alpha value is -1.99. The smallest absolute Gasteiger partial charge is 0.194 e. The van der Waals surface area contributed by atoms with E-state index in [4.69, 9.17) is 9.73 Å². The van der Waals surface area contributed by atoms with Crippen LogP contribution >= 0.6 is 0 Å². The summed E-state index contributed by atoms with van der Waals surface area (Å²) >= 11 is 0. The van der Waals surface area contributed by atoms with Crippen LogP contribution in [-0.2, 0) is 0 Å². The van der Waals surface area contributed by atoms with Crippen molar-refractivity contribution in [3.05, 3.63) is 24.3 Å². The molecular formula is C22H38N6O. The minimum atomic E-state index is 0.860. The largest absolute Gasteiger partial charge is 0.495 e. The van der Waals surface area contributed by atoms with E-state index in [-0.39, 0.29) is 0 Å². The molecule has 0 saturated carbocycles. The quantitative estimate of drug-likeness (QED) is 0.574. The summed E-state index contributed by atoms with van der Waals surface area (Å²) in [6.45, 7) is 13.6. The van der Waals surface area contributed by atoms with Crippen molar-refractivity contribution >= 4 is 11.6 Å². The lowest BCUT2D eigenvalue weighted by Gasteiger charge is -2.38. The Morgan fingerprint density at radius 3 is 2.59 bits per heavy atom. The van der Waals surface area contributed by atoms with Gasteiger partial charge in [-0.15, -0.1) is 0 Å². The Morgan fingerprint density at radius 1 is 1.03 bits per heavy atom. The highest BCUT2D eigenvalue weighted by molar-refractivity contribution is 5.80. The van der Waals surface area contributed by atoms with Crippen molar-refractivity contribution in [3.8, 4) is 5.75 Å². The average Bonchev–Trinajstić information content (AvgIpc) is 2.97. The molecule has 0 aliphatic carbocycles. The van der Waals surface area contributed by atoms with Crippen LogP contribution in [0.4, 0.5) is 5.69 Å². The number of nitrogens with one attached hydrogen (secondary N) is 1. The maximum Gasteiger partial charge on any atom is 0.194 e. The molecule has 0 atom stereocenters. The van der Waals surface area contributed by atoms with Gasteiger partial charge in [0.1, 0.15) is 5.75 Å². The number of ether oxygens (including phenoxy) is 1. The van der Waals surface area contributed by atoms with Gasteiger partial charge in [0.2, 0.25) is 0 Å². The molecule has 0 spiro atoms. The predicted octanol–water partition coefficient (Wildman–Crippen LogP) is 1.42. The Balaban J connectivity index is 1.52. The van der Waals surface area contributed by atoms with Gasteiger partial charge in [-0.05, 0) is 45.6 Å². The molecule has 1 aromatic rings. The Labute approximate surface area is 176 Å². The fourth-order valence-corrected chi connectivity index (χ4v) is 4.10. The first-order chi connectivity index (χ1) is 14.2. The summed E-state index contributed by atoms with van der Waals surface area (Å²) in [4.78, 5) is 14.7. The van der Waals surface area contributed by atoms with Crippen LogP contribution in [0.5, 0.6) is 5.75 Å². The summed E-state index contributed by atoms with van der Waals surface area (Å²) in [6, 6.07) is 8.29. The number of hydrogen-bond acceptors (Lipinski definition) is 5. The highest BCUT2D eigenvalue weighted by Crippen LogP contribution is 2.28. The third-order valence-corrected chi connectivity index (χ3v) is 5.83. The zero-order valence-corrected chi connectivity index (χ0v) is 18.4.